The maximum Gasteiger partial charge on any atom is 0.351 e. The van der Waals surface area contributed by atoms with E-state index in [-0.39, 0.29) is 44.3 Å². The van der Waals surface area contributed by atoms with Crippen LogP contribution in [-0.4, -0.2) is 102 Å². The van der Waals surface area contributed by atoms with Gasteiger partial charge in [-0.05, 0) is 40.7 Å². The van der Waals surface area contributed by atoms with Crippen molar-refractivity contribution in [1.82, 2.24) is 14.2 Å². The molecule has 1 aliphatic rings. The largest absolute Gasteiger partial charge is 0.463 e. The predicted molar refractivity (Wildman–Crippen MR) is 156 cm³/mol. The van der Waals surface area contributed by atoms with Crippen LogP contribution in [0.4, 0.5) is 5.82 Å². The van der Waals surface area contributed by atoms with E-state index in [2.05, 4.69) is 10.3 Å². The Bertz CT molecular complexity index is 1110. The summed E-state index contributed by atoms with van der Waals surface area (Å²) in [7, 11) is -0.190. The minimum absolute atomic E-state index is 0.0323. The van der Waals surface area contributed by atoms with Gasteiger partial charge in [0.2, 0.25) is 5.91 Å². The van der Waals surface area contributed by atoms with Crippen molar-refractivity contribution in [1.29, 1.82) is 0 Å². The van der Waals surface area contributed by atoms with Gasteiger partial charge in [0, 0.05) is 46.2 Å². The summed E-state index contributed by atoms with van der Waals surface area (Å²) < 4.78 is 48.7. The summed E-state index contributed by atoms with van der Waals surface area (Å²) in [6.07, 6.45) is -3.12. The van der Waals surface area contributed by atoms with E-state index in [1.807, 2.05) is 32.4 Å². The average Bonchev–Trinajstić information content (AvgIpc) is 3.21. The van der Waals surface area contributed by atoms with E-state index < -0.39 is 63.1 Å². The Morgan fingerprint density at radius 3 is 2.05 bits per heavy atom. The first kappa shape index (κ1) is 37.6. The molecule has 2 unspecified atom stereocenters. The molecule has 0 aliphatic carbocycles. The van der Waals surface area contributed by atoms with E-state index in [9.17, 15) is 19.2 Å². The van der Waals surface area contributed by atoms with Crippen molar-refractivity contribution < 1.29 is 51.9 Å². The Morgan fingerprint density at radius 2 is 1.59 bits per heavy atom. The van der Waals surface area contributed by atoms with Gasteiger partial charge in [0.1, 0.15) is 31.2 Å². The van der Waals surface area contributed by atoms with Gasteiger partial charge in [-0.15, -0.1) is 0 Å². The molecule has 1 N–H and O–H groups in total. The molecule has 1 fully saturated rings. The second kappa shape index (κ2) is 18.4. The van der Waals surface area contributed by atoms with E-state index in [1.165, 1.54) is 40.1 Å². The Labute approximate surface area is 258 Å². The molecule has 0 bridgehead atoms. The highest BCUT2D eigenvalue weighted by Gasteiger charge is 2.49. The standard InChI is InChI=1S/C27H43N4O12P/c1-16(2)31(17(3)4)44(36-9)43-23-18(5)41-25(30-11-10-22(28-19(6)32)29-26(30)35)24(23)42-27(39-14-12-37-20(7)33)40-15-13-38-21(8)34/h5,10-11,16-18,23-25,27H,12-15H2,1-4,6-9H3,(H,28,29,32,35)/t18-,23+,24?,25-,44?/m1/s1. The first-order valence-electron chi connectivity index (χ1n) is 14.0. The van der Waals surface area contributed by atoms with Crippen molar-refractivity contribution in [3.8, 4) is 0 Å². The monoisotopic (exact) mass is 646 g/mol. The van der Waals surface area contributed by atoms with Crippen molar-refractivity contribution in [2.24, 2.45) is 0 Å². The molecule has 0 saturated carbocycles. The van der Waals surface area contributed by atoms with Gasteiger partial charge in [-0.3, -0.25) is 19.0 Å². The van der Waals surface area contributed by atoms with Crippen molar-refractivity contribution in [3.63, 3.8) is 0 Å². The number of nitrogens with one attached hydrogen (secondary N) is 1. The molecule has 0 aromatic carbocycles. The van der Waals surface area contributed by atoms with Crippen molar-refractivity contribution in [2.45, 2.75) is 91.6 Å². The van der Waals surface area contributed by atoms with E-state index in [4.69, 9.17) is 44.4 Å². The predicted octanol–water partition coefficient (Wildman–Crippen LogP) is 2.02. The number of hydrogen-bond acceptors (Lipinski definition) is 14. The molecule has 16 nitrogen and oxygen atoms in total. The van der Waals surface area contributed by atoms with Gasteiger partial charge >= 0.3 is 17.6 Å². The van der Waals surface area contributed by atoms with Gasteiger partial charge in [0.15, 0.2) is 6.23 Å². The number of hydrogen-bond donors (Lipinski definition) is 1. The molecule has 1 amide bonds. The number of esters is 2. The fourth-order valence-corrected chi connectivity index (χ4v) is 5.78. The molecular formula is C27H43N4O12P. The number of amides is 1. The fourth-order valence-electron chi connectivity index (χ4n) is 4.19. The molecule has 1 saturated heterocycles. The number of rotatable bonds is 18. The summed E-state index contributed by atoms with van der Waals surface area (Å²) >= 11 is 0. The van der Waals surface area contributed by atoms with Gasteiger partial charge in [0.05, 0.1) is 19.3 Å². The average molecular weight is 647 g/mol. The maximum absolute atomic E-state index is 13.1. The lowest BCUT2D eigenvalue weighted by molar-refractivity contribution is -0.320. The Balaban J connectivity index is 2.45. The van der Waals surface area contributed by atoms with Gasteiger partial charge in [-0.25, -0.2) is 9.46 Å². The third-order valence-corrected chi connectivity index (χ3v) is 7.84. The highest BCUT2D eigenvalue weighted by Crippen LogP contribution is 2.49. The number of aromatic nitrogens is 2. The first-order chi connectivity index (χ1) is 20.7. The Morgan fingerprint density at radius 1 is 1.02 bits per heavy atom. The minimum Gasteiger partial charge on any atom is -0.463 e. The van der Waals surface area contributed by atoms with Crippen LogP contribution in [0.1, 0.15) is 54.7 Å². The lowest BCUT2D eigenvalue weighted by Crippen LogP contribution is -2.43. The van der Waals surface area contributed by atoms with Crippen LogP contribution in [0.2, 0.25) is 0 Å². The van der Waals surface area contributed by atoms with E-state index in [0.717, 1.165) is 4.57 Å². The van der Waals surface area contributed by atoms with E-state index >= 15 is 0 Å². The first-order valence-corrected chi connectivity index (χ1v) is 15.1. The molecule has 248 valence electrons. The van der Waals surface area contributed by atoms with Crippen molar-refractivity contribution in [3.05, 3.63) is 29.7 Å². The maximum atomic E-state index is 13.1. The Hall–Kier alpha value is -2.56. The molecule has 1 aromatic heterocycles. The van der Waals surface area contributed by atoms with Crippen LogP contribution in [0.15, 0.2) is 17.1 Å². The zero-order chi connectivity index (χ0) is 33.0. The summed E-state index contributed by atoms with van der Waals surface area (Å²) in [5.41, 5.74) is -0.772. The van der Waals surface area contributed by atoms with Crippen LogP contribution >= 0.6 is 8.53 Å². The molecule has 2 heterocycles. The molecule has 1 aromatic rings. The minimum atomic E-state index is -1.70. The number of ether oxygens (including phenoxy) is 6. The summed E-state index contributed by atoms with van der Waals surface area (Å²) in [6, 6.07) is 1.47. The van der Waals surface area contributed by atoms with Crippen LogP contribution in [0, 0.1) is 6.92 Å². The molecule has 2 radical (unpaired) electrons. The highest BCUT2D eigenvalue weighted by atomic mass is 31.2. The van der Waals surface area contributed by atoms with Gasteiger partial charge in [0.25, 0.3) is 15.0 Å². The third-order valence-electron chi connectivity index (χ3n) is 5.80. The molecule has 2 rings (SSSR count). The topological polar surface area (TPSA) is 175 Å². The SMILES string of the molecule is [CH][C@H]1O[C@@H](n2ccc(NC(C)=O)nc2=O)C(OC(OCCOC(C)=O)OCCOC(C)=O)[C@H]1OP(OC)N(C(C)C)C(C)C. The lowest BCUT2D eigenvalue weighted by atomic mass is 10.1. The van der Waals surface area contributed by atoms with Crippen LogP contribution in [0.25, 0.3) is 0 Å². The molecule has 5 atom stereocenters. The molecule has 17 heteroatoms. The van der Waals surface area contributed by atoms with Gasteiger partial charge in [-0.2, -0.15) is 4.98 Å². The summed E-state index contributed by atoms with van der Waals surface area (Å²) in [5.74, 6) is -1.38. The summed E-state index contributed by atoms with van der Waals surface area (Å²) in [4.78, 5) is 50.8. The second-order valence-electron chi connectivity index (χ2n) is 10.0. The zero-order valence-electron chi connectivity index (χ0n) is 26.3. The van der Waals surface area contributed by atoms with Crippen molar-refractivity contribution >= 4 is 32.2 Å². The molecule has 0 spiro atoms. The summed E-state index contributed by atoms with van der Waals surface area (Å²) in [6.45, 7) is 16.3. The van der Waals surface area contributed by atoms with Gasteiger partial charge < -0.3 is 42.8 Å². The lowest BCUT2D eigenvalue weighted by Gasteiger charge is -2.37. The van der Waals surface area contributed by atoms with Crippen molar-refractivity contribution in [2.75, 3.05) is 38.9 Å². The van der Waals surface area contributed by atoms with E-state index in [1.54, 1.807) is 0 Å². The fraction of sp³-hybridized carbons (Fsp3) is 0.704. The molecular weight excluding hydrogens is 603 g/mol. The van der Waals surface area contributed by atoms with Gasteiger partial charge in [-0.1, -0.05) is 0 Å². The van der Waals surface area contributed by atoms with E-state index in [0.29, 0.717) is 0 Å². The third kappa shape index (κ3) is 11.7. The number of carbonyl (C=O) groups excluding carboxylic acids is 3. The van der Waals surface area contributed by atoms with Crippen LogP contribution in [-0.2, 0) is 51.9 Å². The Kier molecular flexibility index (Phi) is 15.8. The number of anilines is 1. The summed E-state index contributed by atoms with van der Waals surface area (Å²) in [5, 5.41) is 2.45. The zero-order valence-corrected chi connectivity index (χ0v) is 27.2. The van der Waals surface area contributed by atoms with Crippen LogP contribution in [0.3, 0.4) is 0 Å². The van der Waals surface area contributed by atoms with Crippen LogP contribution in [0.5, 0.6) is 0 Å². The molecule has 1 aliphatic heterocycles. The van der Waals surface area contributed by atoms with Crippen LogP contribution < -0.4 is 11.0 Å². The number of carbonyl (C=O) groups is 3. The smallest absolute Gasteiger partial charge is 0.351 e. The number of nitrogens with zero attached hydrogens (tertiary/aromatic N) is 3. The quantitative estimate of drug-likeness (QED) is 0.106. The molecule has 44 heavy (non-hydrogen) atoms. The second-order valence-corrected chi connectivity index (χ2v) is 11.6. The normalized spacial score (nSPS) is 20.8. The highest BCUT2D eigenvalue weighted by molar-refractivity contribution is 7.44.